The van der Waals surface area contributed by atoms with E-state index in [0.717, 1.165) is 41.0 Å². The second-order valence-electron chi connectivity index (χ2n) is 7.98. The van der Waals surface area contributed by atoms with Crippen molar-refractivity contribution in [3.05, 3.63) is 63.9 Å². The Morgan fingerprint density at radius 2 is 2.06 bits per heavy atom. The largest absolute Gasteiger partial charge is 0.377 e. The van der Waals surface area contributed by atoms with Crippen LogP contribution in [0.25, 0.3) is 21.9 Å². The van der Waals surface area contributed by atoms with Crippen molar-refractivity contribution in [1.29, 1.82) is 0 Å². The van der Waals surface area contributed by atoms with Crippen LogP contribution in [-0.4, -0.2) is 45.7 Å². The van der Waals surface area contributed by atoms with Gasteiger partial charge in [0, 0.05) is 25.3 Å². The van der Waals surface area contributed by atoms with Gasteiger partial charge in [-0.15, -0.1) is 0 Å². The molecule has 1 saturated heterocycles. The molecule has 32 heavy (non-hydrogen) atoms. The number of fused-ring (bicyclic) bond motifs is 2. The molecule has 0 bridgehead atoms. The number of hydrogen-bond donors (Lipinski definition) is 1. The summed E-state index contributed by atoms with van der Waals surface area (Å²) in [4.78, 5) is 15.9. The van der Waals surface area contributed by atoms with Crippen LogP contribution in [0.3, 0.4) is 0 Å². The smallest absolute Gasteiger partial charge is 0.252 e. The minimum absolute atomic E-state index is 0.0602. The molecule has 2 aromatic carbocycles. The number of H-pyrrole nitrogens is 1. The van der Waals surface area contributed by atoms with Gasteiger partial charge in [-0.25, -0.2) is 8.42 Å². The van der Waals surface area contributed by atoms with E-state index >= 15 is 0 Å². The van der Waals surface area contributed by atoms with Crippen LogP contribution in [0.15, 0.2) is 52.2 Å². The molecule has 0 saturated carbocycles. The summed E-state index contributed by atoms with van der Waals surface area (Å²) in [7, 11) is -3.96. The monoisotopic (exact) mass is 470 g/mol. The van der Waals surface area contributed by atoms with Crippen molar-refractivity contribution in [3.8, 4) is 0 Å². The van der Waals surface area contributed by atoms with Crippen molar-refractivity contribution in [1.82, 2.24) is 18.0 Å². The van der Waals surface area contributed by atoms with Crippen LogP contribution < -0.4 is 5.56 Å². The zero-order chi connectivity index (χ0) is 22.3. The molecule has 0 amide bonds. The SMILES string of the molecule is Cc1cccc2cc(CN(C[C@@H]3CCCO3)S(=O)(=O)c3cccc4nsnc34)c(=O)[nH]c12. The van der Waals surface area contributed by atoms with Crippen molar-refractivity contribution >= 4 is 43.7 Å². The number of hydrogen-bond acceptors (Lipinski definition) is 7. The first-order valence-electron chi connectivity index (χ1n) is 10.4. The summed E-state index contributed by atoms with van der Waals surface area (Å²) < 4.78 is 42.9. The van der Waals surface area contributed by atoms with Crippen molar-refractivity contribution < 1.29 is 13.2 Å². The highest BCUT2D eigenvalue weighted by atomic mass is 32.2. The number of aromatic amines is 1. The molecule has 5 rings (SSSR count). The van der Waals surface area contributed by atoms with E-state index in [-0.39, 0.29) is 29.6 Å². The summed E-state index contributed by atoms with van der Waals surface area (Å²) in [6, 6.07) is 12.4. The Kier molecular flexibility index (Phi) is 5.54. The molecule has 10 heteroatoms. The van der Waals surface area contributed by atoms with Crippen molar-refractivity contribution in [3.63, 3.8) is 0 Å². The van der Waals surface area contributed by atoms with Crippen LogP contribution >= 0.6 is 11.7 Å². The Bertz CT molecular complexity index is 1460. The van der Waals surface area contributed by atoms with Crippen LogP contribution in [0.1, 0.15) is 24.0 Å². The van der Waals surface area contributed by atoms with E-state index in [4.69, 9.17) is 4.74 Å². The van der Waals surface area contributed by atoms with Gasteiger partial charge in [-0.2, -0.15) is 13.1 Å². The van der Waals surface area contributed by atoms with Crippen molar-refractivity contribution in [2.24, 2.45) is 0 Å². The molecule has 4 aromatic rings. The number of rotatable bonds is 6. The summed E-state index contributed by atoms with van der Waals surface area (Å²) >= 11 is 0.974. The number of nitrogens with one attached hydrogen (secondary N) is 1. The minimum atomic E-state index is -3.96. The highest BCUT2D eigenvalue weighted by Gasteiger charge is 2.32. The molecular weight excluding hydrogens is 448 g/mol. The zero-order valence-electron chi connectivity index (χ0n) is 17.4. The first-order valence-corrected chi connectivity index (χ1v) is 12.5. The Hall–Kier alpha value is -2.66. The van der Waals surface area contributed by atoms with Gasteiger partial charge >= 0.3 is 0 Å². The fraction of sp³-hybridized carbons (Fsp3) is 0.318. The first-order chi connectivity index (χ1) is 15.4. The summed E-state index contributed by atoms with van der Waals surface area (Å²) in [5, 5.41) is 0.861. The van der Waals surface area contributed by atoms with Gasteiger partial charge in [0.1, 0.15) is 15.9 Å². The predicted octanol–water partition coefficient (Wildman–Crippen LogP) is 3.21. The molecule has 3 heterocycles. The maximum absolute atomic E-state index is 13.8. The topological polar surface area (TPSA) is 105 Å². The van der Waals surface area contributed by atoms with Crippen LogP contribution in [-0.2, 0) is 21.3 Å². The van der Waals surface area contributed by atoms with E-state index < -0.39 is 10.0 Å². The molecule has 1 aliphatic rings. The predicted molar refractivity (Wildman–Crippen MR) is 123 cm³/mol. The van der Waals surface area contributed by atoms with Gasteiger partial charge in [-0.1, -0.05) is 24.3 Å². The number of sulfonamides is 1. The number of benzene rings is 2. The molecule has 0 unspecified atom stereocenters. The molecule has 2 aromatic heterocycles. The van der Waals surface area contributed by atoms with Gasteiger partial charge in [-0.05, 0) is 48.9 Å². The molecule has 8 nitrogen and oxygen atoms in total. The fourth-order valence-electron chi connectivity index (χ4n) is 4.13. The van der Waals surface area contributed by atoms with Crippen LogP contribution in [0.4, 0.5) is 0 Å². The highest BCUT2D eigenvalue weighted by Crippen LogP contribution is 2.27. The average molecular weight is 471 g/mol. The van der Waals surface area contributed by atoms with E-state index in [1.165, 1.54) is 10.4 Å². The Morgan fingerprint density at radius 3 is 2.88 bits per heavy atom. The van der Waals surface area contributed by atoms with Crippen molar-refractivity contribution in [2.45, 2.75) is 37.3 Å². The Morgan fingerprint density at radius 1 is 1.22 bits per heavy atom. The van der Waals surface area contributed by atoms with Crippen molar-refractivity contribution in [2.75, 3.05) is 13.2 Å². The van der Waals surface area contributed by atoms with Crippen LogP contribution in [0.2, 0.25) is 0 Å². The molecular formula is C22H22N4O4S2. The van der Waals surface area contributed by atoms with E-state index in [0.29, 0.717) is 23.2 Å². The Labute approximate surface area is 189 Å². The lowest BCUT2D eigenvalue weighted by Crippen LogP contribution is -2.38. The van der Waals surface area contributed by atoms with Gasteiger partial charge in [-0.3, -0.25) is 4.79 Å². The normalized spacial score (nSPS) is 17.0. The molecule has 0 spiro atoms. The van der Waals surface area contributed by atoms with Gasteiger partial charge in [0.15, 0.2) is 0 Å². The van der Waals surface area contributed by atoms with E-state index in [9.17, 15) is 13.2 Å². The summed E-state index contributed by atoms with van der Waals surface area (Å²) in [5.74, 6) is 0. The standard InChI is InChI=1S/C22H22N4O4S2/c1-14-5-2-6-15-11-16(22(27)23-20(14)15)12-26(13-17-7-4-10-30-17)32(28,29)19-9-3-8-18-21(19)25-31-24-18/h2-3,5-6,8-9,11,17H,4,7,10,12-13H2,1H3,(H,23,27)/t17-/m0/s1. The minimum Gasteiger partial charge on any atom is -0.377 e. The summed E-state index contributed by atoms with van der Waals surface area (Å²) in [6.07, 6.45) is 1.46. The maximum atomic E-state index is 13.8. The molecule has 1 fully saturated rings. The van der Waals surface area contributed by atoms with Gasteiger partial charge < -0.3 is 9.72 Å². The third-order valence-corrected chi connectivity index (χ3v) is 8.20. The number of pyridine rings is 1. The number of ether oxygens (including phenoxy) is 1. The maximum Gasteiger partial charge on any atom is 0.252 e. The molecule has 1 atom stereocenters. The second kappa shape index (κ2) is 8.36. The average Bonchev–Trinajstić information content (AvgIpc) is 3.46. The molecule has 1 N–H and O–H groups in total. The lowest BCUT2D eigenvalue weighted by molar-refractivity contribution is 0.0925. The molecule has 166 valence electrons. The van der Waals surface area contributed by atoms with Gasteiger partial charge in [0.2, 0.25) is 10.0 Å². The lowest BCUT2D eigenvalue weighted by Gasteiger charge is -2.25. The molecule has 1 aliphatic heterocycles. The summed E-state index contributed by atoms with van der Waals surface area (Å²) in [5.41, 5.74) is 2.68. The third kappa shape index (κ3) is 3.83. The van der Waals surface area contributed by atoms with Crippen LogP contribution in [0.5, 0.6) is 0 Å². The first kappa shape index (κ1) is 21.2. The number of para-hydroxylation sites is 1. The van der Waals surface area contributed by atoms with E-state index in [1.54, 1.807) is 18.2 Å². The van der Waals surface area contributed by atoms with Gasteiger partial charge in [0.25, 0.3) is 5.56 Å². The van der Waals surface area contributed by atoms with E-state index in [2.05, 4.69) is 13.7 Å². The number of aryl methyl sites for hydroxylation is 1. The molecule has 0 aliphatic carbocycles. The summed E-state index contributed by atoms with van der Waals surface area (Å²) in [6.45, 7) is 2.64. The zero-order valence-corrected chi connectivity index (χ0v) is 19.1. The number of nitrogens with zero attached hydrogens (tertiary/aromatic N) is 3. The number of aromatic nitrogens is 3. The second-order valence-corrected chi connectivity index (χ2v) is 10.4. The van der Waals surface area contributed by atoms with Crippen LogP contribution in [0, 0.1) is 6.92 Å². The van der Waals surface area contributed by atoms with E-state index in [1.807, 2.05) is 25.1 Å². The quantitative estimate of drug-likeness (QED) is 0.464. The highest BCUT2D eigenvalue weighted by molar-refractivity contribution is 7.89. The molecule has 0 radical (unpaired) electrons. The lowest BCUT2D eigenvalue weighted by atomic mass is 10.1. The fourth-order valence-corrected chi connectivity index (χ4v) is 6.33. The third-order valence-electron chi connectivity index (χ3n) is 5.81. The Balaban J connectivity index is 1.58. The van der Waals surface area contributed by atoms with Gasteiger partial charge in [0.05, 0.1) is 23.3 Å².